The third-order valence-corrected chi connectivity index (χ3v) is 2.64. The Bertz CT molecular complexity index is 639. The summed E-state index contributed by atoms with van der Waals surface area (Å²) in [5.74, 6) is 1.29. The van der Waals surface area contributed by atoms with E-state index in [1.807, 2.05) is 44.2 Å². The van der Waals surface area contributed by atoms with E-state index in [1.165, 1.54) is 6.92 Å². The molecule has 1 heterocycles. The third kappa shape index (κ3) is 2.56. The molecule has 0 radical (unpaired) electrons. The Morgan fingerprint density at radius 2 is 1.83 bits per heavy atom. The maximum absolute atomic E-state index is 11.1. The molecule has 18 heavy (non-hydrogen) atoms. The highest BCUT2D eigenvalue weighted by Crippen LogP contribution is 2.21. The highest BCUT2D eigenvalue weighted by atomic mass is 16.3. The van der Waals surface area contributed by atoms with Crippen molar-refractivity contribution in [3.05, 3.63) is 53.1 Å². The van der Waals surface area contributed by atoms with E-state index in [-0.39, 0.29) is 5.91 Å². The van der Waals surface area contributed by atoms with E-state index in [4.69, 9.17) is 4.42 Å². The van der Waals surface area contributed by atoms with Gasteiger partial charge >= 0.3 is 0 Å². The first-order chi connectivity index (χ1) is 8.58. The zero-order chi connectivity index (χ0) is 13.1. The maximum atomic E-state index is 11.1. The number of hydrogen-bond acceptors (Lipinski definition) is 2. The van der Waals surface area contributed by atoms with Crippen LogP contribution in [-0.2, 0) is 4.79 Å². The number of benzene rings is 1. The zero-order valence-corrected chi connectivity index (χ0v) is 10.7. The van der Waals surface area contributed by atoms with Crippen LogP contribution in [0.25, 0.3) is 11.3 Å². The summed E-state index contributed by atoms with van der Waals surface area (Å²) < 4.78 is 5.75. The highest BCUT2D eigenvalue weighted by molar-refractivity contribution is 5.74. The van der Waals surface area contributed by atoms with Crippen LogP contribution in [0.4, 0.5) is 0 Å². The van der Waals surface area contributed by atoms with Crippen LogP contribution >= 0.6 is 0 Å². The number of carbonyl (C=O) groups is 1. The summed E-state index contributed by atoms with van der Waals surface area (Å²) in [7, 11) is 0. The van der Waals surface area contributed by atoms with Crippen LogP contribution in [0.1, 0.15) is 18.2 Å². The minimum absolute atomic E-state index is 0.206. The zero-order valence-electron chi connectivity index (χ0n) is 10.7. The van der Waals surface area contributed by atoms with Crippen LogP contribution in [0.3, 0.4) is 0 Å². The second kappa shape index (κ2) is 5.00. The summed E-state index contributed by atoms with van der Waals surface area (Å²) in [5, 5.41) is 0.671. The van der Waals surface area contributed by atoms with Crippen LogP contribution in [-0.4, -0.2) is 5.91 Å². The lowest BCUT2D eigenvalue weighted by Gasteiger charge is -2.06. The molecule has 2 aromatic rings. The van der Waals surface area contributed by atoms with Gasteiger partial charge in [0.1, 0.15) is 11.5 Å². The lowest BCUT2D eigenvalue weighted by molar-refractivity contribution is -0.116. The number of hydrogen-bond donors (Lipinski definition) is 0. The fourth-order valence-corrected chi connectivity index (χ4v) is 1.83. The average molecular weight is 241 g/mol. The molecule has 0 fully saturated rings. The van der Waals surface area contributed by atoms with E-state index in [9.17, 15) is 4.79 Å². The van der Waals surface area contributed by atoms with Crippen LogP contribution in [0.5, 0.6) is 0 Å². The van der Waals surface area contributed by atoms with Gasteiger partial charge in [0.05, 0.1) is 5.36 Å². The predicted octanol–water partition coefficient (Wildman–Crippen LogP) is 3.01. The molecule has 92 valence electrons. The molecule has 1 amide bonds. The summed E-state index contributed by atoms with van der Waals surface area (Å²) in [5.41, 5.74) is 1.86. The first-order valence-corrected chi connectivity index (χ1v) is 5.80. The molecule has 0 aliphatic rings. The van der Waals surface area contributed by atoms with Gasteiger partial charge in [-0.25, -0.2) is 4.99 Å². The standard InChI is InChI=1S/C15H15NO2/c1-10-9-14(16-12(3)17)11(2)15(18-10)13-7-5-4-6-8-13/h4-9H,1-3H3. The van der Waals surface area contributed by atoms with Gasteiger partial charge < -0.3 is 4.42 Å². The highest BCUT2D eigenvalue weighted by Gasteiger charge is 2.07. The molecule has 0 N–H and O–H groups in total. The molecule has 0 unspecified atom stereocenters. The number of rotatable bonds is 1. The van der Waals surface area contributed by atoms with Crippen molar-refractivity contribution in [3.63, 3.8) is 0 Å². The SMILES string of the molecule is CC(=O)N=c1cc(C)oc(-c2ccccc2)c1C. The van der Waals surface area contributed by atoms with Crippen molar-refractivity contribution < 1.29 is 9.21 Å². The lowest BCUT2D eigenvalue weighted by Crippen LogP contribution is -2.11. The minimum Gasteiger partial charge on any atom is -0.461 e. The van der Waals surface area contributed by atoms with Gasteiger partial charge in [-0.3, -0.25) is 4.79 Å². The molecule has 0 spiro atoms. The Balaban J connectivity index is 2.70. The van der Waals surface area contributed by atoms with Crippen LogP contribution in [0.15, 0.2) is 45.8 Å². The van der Waals surface area contributed by atoms with Gasteiger partial charge in [0.15, 0.2) is 0 Å². The van der Waals surface area contributed by atoms with Crippen molar-refractivity contribution in [3.8, 4) is 11.3 Å². The summed E-state index contributed by atoms with van der Waals surface area (Å²) in [6.45, 7) is 5.21. The maximum Gasteiger partial charge on any atom is 0.243 e. The van der Waals surface area contributed by atoms with Crippen molar-refractivity contribution in [2.45, 2.75) is 20.8 Å². The van der Waals surface area contributed by atoms with E-state index in [0.29, 0.717) is 5.36 Å². The Hall–Kier alpha value is -2.16. The summed E-state index contributed by atoms with van der Waals surface area (Å²) in [6.07, 6.45) is 0. The molecule has 1 aromatic carbocycles. The molecule has 0 saturated carbocycles. The number of amides is 1. The smallest absolute Gasteiger partial charge is 0.243 e. The Labute approximate surface area is 106 Å². The second-order valence-electron chi connectivity index (χ2n) is 4.19. The molecule has 0 aliphatic heterocycles. The molecule has 0 atom stereocenters. The van der Waals surface area contributed by atoms with E-state index >= 15 is 0 Å². The Morgan fingerprint density at radius 1 is 1.17 bits per heavy atom. The summed E-state index contributed by atoms with van der Waals surface area (Å²) in [6, 6.07) is 11.6. The van der Waals surface area contributed by atoms with E-state index < -0.39 is 0 Å². The quantitative estimate of drug-likeness (QED) is 0.770. The largest absolute Gasteiger partial charge is 0.461 e. The first kappa shape index (κ1) is 12.3. The van der Waals surface area contributed by atoms with Crippen molar-refractivity contribution in [1.82, 2.24) is 0 Å². The first-order valence-electron chi connectivity index (χ1n) is 5.80. The second-order valence-corrected chi connectivity index (χ2v) is 4.19. The van der Waals surface area contributed by atoms with Crippen molar-refractivity contribution in [1.29, 1.82) is 0 Å². The number of aryl methyl sites for hydroxylation is 1. The van der Waals surface area contributed by atoms with Gasteiger partial charge in [0.25, 0.3) is 0 Å². The minimum atomic E-state index is -0.206. The molecule has 3 heteroatoms. The van der Waals surface area contributed by atoms with Gasteiger partial charge in [-0.05, 0) is 13.8 Å². The molecule has 2 rings (SSSR count). The molecule has 1 aromatic heterocycles. The van der Waals surface area contributed by atoms with Gasteiger partial charge in [-0.15, -0.1) is 0 Å². The third-order valence-electron chi connectivity index (χ3n) is 2.64. The van der Waals surface area contributed by atoms with E-state index in [2.05, 4.69) is 4.99 Å². The molecule has 0 saturated heterocycles. The molecule has 3 nitrogen and oxygen atoms in total. The average Bonchev–Trinajstić information content (AvgIpc) is 2.34. The normalized spacial score (nSPS) is 11.6. The fourth-order valence-electron chi connectivity index (χ4n) is 1.83. The topological polar surface area (TPSA) is 42.6 Å². The Kier molecular flexibility index (Phi) is 3.42. The van der Waals surface area contributed by atoms with Crippen molar-refractivity contribution in [2.75, 3.05) is 0 Å². The monoisotopic (exact) mass is 241 g/mol. The molecular formula is C15H15NO2. The predicted molar refractivity (Wildman–Crippen MR) is 69.9 cm³/mol. The number of carbonyl (C=O) groups excluding carboxylic acids is 1. The van der Waals surface area contributed by atoms with E-state index in [0.717, 1.165) is 22.6 Å². The van der Waals surface area contributed by atoms with Crippen LogP contribution < -0.4 is 5.36 Å². The molecule has 0 aliphatic carbocycles. The van der Waals surface area contributed by atoms with Gasteiger partial charge in [-0.2, -0.15) is 0 Å². The van der Waals surface area contributed by atoms with Gasteiger partial charge in [0.2, 0.25) is 5.91 Å². The van der Waals surface area contributed by atoms with Crippen molar-refractivity contribution in [2.24, 2.45) is 4.99 Å². The Morgan fingerprint density at radius 3 is 2.44 bits per heavy atom. The lowest BCUT2D eigenvalue weighted by atomic mass is 10.1. The fraction of sp³-hybridized carbons (Fsp3) is 0.200. The van der Waals surface area contributed by atoms with Crippen LogP contribution in [0.2, 0.25) is 0 Å². The summed E-state index contributed by atoms with van der Waals surface area (Å²) in [4.78, 5) is 15.1. The van der Waals surface area contributed by atoms with E-state index in [1.54, 1.807) is 6.07 Å². The van der Waals surface area contributed by atoms with Gasteiger partial charge in [-0.1, -0.05) is 30.3 Å². The van der Waals surface area contributed by atoms with Gasteiger partial charge in [0, 0.05) is 24.1 Å². The van der Waals surface area contributed by atoms with Crippen LogP contribution in [0, 0.1) is 13.8 Å². The number of nitrogens with zero attached hydrogens (tertiary/aromatic N) is 1. The molecule has 0 bridgehead atoms. The molecular weight excluding hydrogens is 226 g/mol. The summed E-state index contributed by atoms with van der Waals surface area (Å²) >= 11 is 0. The van der Waals surface area contributed by atoms with Crippen molar-refractivity contribution >= 4 is 5.91 Å².